The van der Waals surface area contributed by atoms with Crippen molar-refractivity contribution < 1.29 is 4.74 Å². The van der Waals surface area contributed by atoms with Gasteiger partial charge in [-0.05, 0) is 50.0 Å². The topological polar surface area (TPSA) is 36.3 Å². The maximum absolute atomic E-state index is 9.54. The van der Waals surface area contributed by atoms with E-state index in [4.69, 9.17) is 4.74 Å². The van der Waals surface area contributed by atoms with Gasteiger partial charge >= 0.3 is 0 Å². The largest absolute Gasteiger partial charge is 0.494 e. The molecule has 0 N–H and O–H groups in total. The standard InChI is InChI=1S/C17H26N2O/c1-4-10-19(11-5-2)17(14-18)15-8-7-9-16(13-15)20-12-6-3/h7-9,13,17H,4-6,10-12H2,1-3H3. The molecule has 1 unspecified atom stereocenters. The summed E-state index contributed by atoms with van der Waals surface area (Å²) in [6.07, 6.45) is 3.11. The monoisotopic (exact) mass is 274 g/mol. The van der Waals surface area contributed by atoms with Gasteiger partial charge in [0.15, 0.2) is 0 Å². The van der Waals surface area contributed by atoms with Crippen LogP contribution < -0.4 is 4.74 Å². The molecule has 0 aromatic heterocycles. The van der Waals surface area contributed by atoms with E-state index in [-0.39, 0.29) is 6.04 Å². The lowest BCUT2D eigenvalue weighted by Gasteiger charge is -2.26. The highest BCUT2D eigenvalue weighted by Gasteiger charge is 2.19. The fraction of sp³-hybridized carbons (Fsp3) is 0.588. The molecule has 0 fully saturated rings. The van der Waals surface area contributed by atoms with Gasteiger partial charge in [0.2, 0.25) is 0 Å². The van der Waals surface area contributed by atoms with Gasteiger partial charge in [-0.1, -0.05) is 32.9 Å². The van der Waals surface area contributed by atoms with Crippen LogP contribution in [0.25, 0.3) is 0 Å². The van der Waals surface area contributed by atoms with E-state index in [0.29, 0.717) is 6.61 Å². The lowest BCUT2D eigenvalue weighted by Crippen LogP contribution is -2.29. The molecule has 0 aliphatic heterocycles. The highest BCUT2D eigenvalue weighted by molar-refractivity contribution is 5.33. The summed E-state index contributed by atoms with van der Waals surface area (Å²) in [5.41, 5.74) is 1.03. The number of hydrogen-bond acceptors (Lipinski definition) is 3. The molecule has 0 heterocycles. The molecule has 3 heteroatoms. The van der Waals surface area contributed by atoms with Gasteiger partial charge in [-0.3, -0.25) is 4.90 Å². The minimum atomic E-state index is -0.180. The predicted molar refractivity (Wildman–Crippen MR) is 82.7 cm³/mol. The average molecular weight is 274 g/mol. The van der Waals surface area contributed by atoms with Crippen molar-refractivity contribution >= 4 is 0 Å². The maximum Gasteiger partial charge on any atom is 0.123 e. The average Bonchev–Trinajstić information content (AvgIpc) is 2.47. The number of ether oxygens (including phenoxy) is 1. The van der Waals surface area contributed by atoms with E-state index >= 15 is 0 Å². The molecule has 1 atom stereocenters. The first kappa shape index (κ1) is 16.5. The molecular formula is C17H26N2O. The molecule has 1 aromatic carbocycles. The molecule has 20 heavy (non-hydrogen) atoms. The molecule has 0 saturated carbocycles. The first-order chi connectivity index (χ1) is 9.76. The second kappa shape index (κ2) is 9.39. The highest BCUT2D eigenvalue weighted by Crippen LogP contribution is 2.24. The number of rotatable bonds is 9. The fourth-order valence-electron chi connectivity index (χ4n) is 2.31. The normalized spacial score (nSPS) is 12.2. The van der Waals surface area contributed by atoms with E-state index in [2.05, 4.69) is 31.7 Å². The minimum absolute atomic E-state index is 0.180. The van der Waals surface area contributed by atoms with Crippen molar-refractivity contribution in [2.75, 3.05) is 19.7 Å². The molecule has 1 aromatic rings. The lowest BCUT2D eigenvalue weighted by atomic mass is 10.1. The van der Waals surface area contributed by atoms with E-state index in [1.54, 1.807) is 0 Å². The van der Waals surface area contributed by atoms with Gasteiger partial charge < -0.3 is 4.74 Å². The summed E-state index contributed by atoms with van der Waals surface area (Å²) in [5, 5.41) is 9.54. The molecule has 3 nitrogen and oxygen atoms in total. The third kappa shape index (κ3) is 4.86. The van der Waals surface area contributed by atoms with Crippen LogP contribution in [-0.4, -0.2) is 24.6 Å². The van der Waals surface area contributed by atoms with Crippen molar-refractivity contribution in [3.8, 4) is 11.8 Å². The predicted octanol–water partition coefficient (Wildman–Crippen LogP) is 4.16. The number of nitriles is 1. The molecule has 0 saturated heterocycles. The Hall–Kier alpha value is -1.53. The minimum Gasteiger partial charge on any atom is -0.494 e. The molecular weight excluding hydrogens is 248 g/mol. The molecule has 0 radical (unpaired) electrons. The van der Waals surface area contributed by atoms with Crippen LogP contribution in [0.2, 0.25) is 0 Å². The first-order valence-corrected chi connectivity index (χ1v) is 7.63. The second-order valence-electron chi connectivity index (χ2n) is 4.99. The number of hydrogen-bond donors (Lipinski definition) is 0. The van der Waals surface area contributed by atoms with E-state index in [0.717, 1.165) is 43.7 Å². The van der Waals surface area contributed by atoms with Gasteiger partial charge in [0.1, 0.15) is 11.8 Å². The van der Waals surface area contributed by atoms with Crippen molar-refractivity contribution in [2.24, 2.45) is 0 Å². The van der Waals surface area contributed by atoms with Crippen molar-refractivity contribution in [3.63, 3.8) is 0 Å². The Morgan fingerprint density at radius 3 is 2.40 bits per heavy atom. The maximum atomic E-state index is 9.54. The zero-order valence-corrected chi connectivity index (χ0v) is 12.9. The van der Waals surface area contributed by atoms with E-state index < -0.39 is 0 Å². The van der Waals surface area contributed by atoms with Gasteiger partial charge in [-0.2, -0.15) is 5.26 Å². The smallest absolute Gasteiger partial charge is 0.123 e. The van der Waals surface area contributed by atoms with Crippen LogP contribution in [0.4, 0.5) is 0 Å². The van der Waals surface area contributed by atoms with Crippen molar-refractivity contribution in [1.29, 1.82) is 5.26 Å². The molecule has 0 amide bonds. The fourth-order valence-corrected chi connectivity index (χ4v) is 2.31. The Labute approximate surface area is 123 Å². The third-order valence-corrected chi connectivity index (χ3v) is 3.16. The van der Waals surface area contributed by atoms with Gasteiger partial charge in [0.25, 0.3) is 0 Å². The summed E-state index contributed by atoms with van der Waals surface area (Å²) in [6, 6.07) is 10.2. The Bertz CT molecular complexity index is 419. The van der Waals surface area contributed by atoms with Crippen LogP contribution in [0.1, 0.15) is 51.6 Å². The van der Waals surface area contributed by atoms with Crippen LogP contribution in [-0.2, 0) is 0 Å². The van der Waals surface area contributed by atoms with Crippen LogP contribution in [0.5, 0.6) is 5.75 Å². The Morgan fingerprint density at radius 2 is 1.85 bits per heavy atom. The lowest BCUT2D eigenvalue weighted by molar-refractivity contribution is 0.236. The second-order valence-corrected chi connectivity index (χ2v) is 4.99. The van der Waals surface area contributed by atoms with Crippen molar-refractivity contribution in [3.05, 3.63) is 29.8 Å². The summed E-state index contributed by atoms with van der Waals surface area (Å²) >= 11 is 0. The van der Waals surface area contributed by atoms with Crippen LogP contribution in [0, 0.1) is 11.3 Å². The third-order valence-electron chi connectivity index (χ3n) is 3.16. The van der Waals surface area contributed by atoms with E-state index in [1.807, 2.05) is 24.3 Å². The van der Waals surface area contributed by atoms with Crippen LogP contribution in [0.15, 0.2) is 24.3 Å². The number of nitrogens with zero attached hydrogens (tertiary/aromatic N) is 2. The highest BCUT2D eigenvalue weighted by atomic mass is 16.5. The van der Waals surface area contributed by atoms with Crippen molar-refractivity contribution in [1.82, 2.24) is 4.90 Å². The Kier molecular flexibility index (Phi) is 7.75. The molecule has 0 aliphatic carbocycles. The summed E-state index contributed by atoms with van der Waals surface area (Å²) in [7, 11) is 0. The quantitative estimate of drug-likeness (QED) is 0.678. The zero-order valence-electron chi connectivity index (χ0n) is 12.9. The summed E-state index contributed by atoms with van der Waals surface area (Å²) in [5.74, 6) is 0.859. The number of benzene rings is 1. The molecule has 110 valence electrons. The van der Waals surface area contributed by atoms with Gasteiger partial charge in [-0.25, -0.2) is 0 Å². The summed E-state index contributed by atoms with van der Waals surface area (Å²) < 4.78 is 5.66. The Balaban J connectivity index is 2.89. The van der Waals surface area contributed by atoms with Gasteiger partial charge in [0.05, 0.1) is 12.7 Å². The van der Waals surface area contributed by atoms with E-state index in [1.165, 1.54) is 0 Å². The van der Waals surface area contributed by atoms with Gasteiger partial charge in [-0.15, -0.1) is 0 Å². The summed E-state index contributed by atoms with van der Waals surface area (Å²) in [6.45, 7) is 9.01. The summed E-state index contributed by atoms with van der Waals surface area (Å²) in [4.78, 5) is 2.25. The molecule has 0 spiro atoms. The molecule has 0 aliphatic rings. The first-order valence-electron chi connectivity index (χ1n) is 7.63. The zero-order chi connectivity index (χ0) is 14.8. The molecule has 0 bridgehead atoms. The van der Waals surface area contributed by atoms with Crippen molar-refractivity contribution in [2.45, 2.75) is 46.1 Å². The SMILES string of the molecule is CCCOc1cccc(C(C#N)N(CCC)CCC)c1. The van der Waals surface area contributed by atoms with E-state index in [9.17, 15) is 5.26 Å². The van der Waals surface area contributed by atoms with Crippen LogP contribution >= 0.6 is 0 Å². The van der Waals surface area contributed by atoms with Gasteiger partial charge in [0, 0.05) is 0 Å². The Morgan fingerprint density at radius 1 is 1.15 bits per heavy atom. The molecule has 1 rings (SSSR count). The van der Waals surface area contributed by atoms with Crippen LogP contribution in [0.3, 0.4) is 0 Å².